The van der Waals surface area contributed by atoms with Crippen molar-refractivity contribution in [2.45, 2.75) is 24.9 Å². The number of ether oxygens (including phenoxy) is 1. The molecule has 0 saturated carbocycles. The van der Waals surface area contributed by atoms with Crippen LogP contribution in [0, 0.1) is 0 Å². The van der Waals surface area contributed by atoms with Crippen LogP contribution in [0.5, 0.6) is 5.75 Å². The zero-order chi connectivity index (χ0) is 18.4. The molecular formula is C21H26N2O3. The van der Waals surface area contributed by atoms with Gasteiger partial charge in [0.2, 0.25) is 0 Å². The first-order valence-corrected chi connectivity index (χ1v) is 9.06. The Morgan fingerprint density at radius 1 is 1.15 bits per heavy atom. The molecule has 1 fully saturated rings. The Morgan fingerprint density at radius 2 is 1.92 bits per heavy atom. The summed E-state index contributed by atoms with van der Waals surface area (Å²) in [6.45, 7) is 1.97. The monoisotopic (exact) mass is 354 g/mol. The molecule has 3 N–H and O–H groups in total. The molecule has 0 bridgehead atoms. The first kappa shape index (κ1) is 18.4. The highest BCUT2D eigenvalue weighted by atomic mass is 16.5. The number of amides is 1. The smallest absolute Gasteiger partial charge is 0.251 e. The second-order valence-electron chi connectivity index (χ2n) is 6.79. The molecule has 1 saturated heterocycles. The lowest BCUT2D eigenvalue weighted by atomic mass is 9.94. The van der Waals surface area contributed by atoms with E-state index in [0.717, 1.165) is 36.4 Å². The lowest BCUT2D eigenvalue weighted by Crippen LogP contribution is -2.43. The number of rotatable bonds is 5. The van der Waals surface area contributed by atoms with Gasteiger partial charge in [0.05, 0.1) is 12.7 Å². The molecular weight excluding hydrogens is 328 g/mol. The summed E-state index contributed by atoms with van der Waals surface area (Å²) >= 11 is 0. The van der Waals surface area contributed by atoms with Crippen LogP contribution in [-0.2, 0) is 0 Å². The molecule has 138 valence electrons. The van der Waals surface area contributed by atoms with Gasteiger partial charge >= 0.3 is 0 Å². The zero-order valence-electron chi connectivity index (χ0n) is 15.1. The number of aliphatic hydroxyl groups is 1. The Balaban J connectivity index is 1.65. The SMILES string of the molecule is COc1ccccc1-c1ccc(C(=O)NC[C@]2(O)CCCNCC2)cc1. The van der Waals surface area contributed by atoms with E-state index >= 15 is 0 Å². The van der Waals surface area contributed by atoms with Crippen LogP contribution >= 0.6 is 0 Å². The van der Waals surface area contributed by atoms with E-state index in [0.29, 0.717) is 18.4 Å². The molecule has 1 atom stereocenters. The summed E-state index contributed by atoms with van der Waals surface area (Å²) < 4.78 is 5.39. The highest BCUT2D eigenvalue weighted by Gasteiger charge is 2.28. The minimum Gasteiger partial charge on any atom is -0.496 e. The van der Waals surface area contributed by atoms with Crippen molar-refractivity contribution in [3.05, 3.63) is 54.1 Å². The van der Waals surface area contributed by atoms with Crippen molar-refractivity contribution in [1.29, 1.82) is 0 Å². The van der Waals surface area contributed by atoms with Gasteiger partial charge in [-0.1, -0.05) is 30.3 Å². The zero-order valence-corrected chi connectivity index (χ0v) is 15.1. The van der Waals surface area contributed by atoms with E-state index in [9.17, 15) is 9.90 Å². The maximum Gasteiger partial charge on any atom is 0.251 e. The van der Waals surface area contributed by atoms with E-state index in [1.807, 2.05) is 36.4 Å². The van der Waals surface area contributed by atoms with Crippen molar-refractivity contribution in [2.24, 2.45) is 0 Å². The number of nitrogens with one attached hydrogen (secondary N) is 2. The molecule has 0 radical (unpaired) electrons. The topological polar surface area (TPSA) is 70.6 Å². The van der Waals surface area contributed by atoms with Gasteiger partial charge < -0.3 is 20.5 Å². The fourth-order valence-electron chi connectivity index (χ4n) is 3.32. The molecule has 1 aliphatic rings. The molecule has 26 heavy (non-hydrogen) atoms. The number of benzene rings is 2. The van der Waals surface area contributed by atoms with Crippen LogP contribution in [0.3, 0.4) is 0 Å². The van der Waals surface area contributed by atoms with Crippen LogP contribution in [0.15, 0.2) is 48.5 Å². The van der Waals surface area contributed by atoms with Crippen LogP contribution in [0.2, 0.25) is 0 Å². The predicted octanol–water partition coefficient (Wildman–Crippen LogP) is 2.60. The van der Waals surface area contributed by atoms with Crippen molar-refractivity contribution in [2.75, 3.05) is 26.7 Å². The Kier molecular flexibility index (Phi) is 5.91. The van der Waals surface area contributed by atoms with Gasteiger partial charge in [-0.2, -0.15) is 0 Å². The van der Waals surface area contributed by atoms with Crippen LogP contribution in [0.25, 0.3) is 11.1 Å². The predicted molar refractivity (Wildman–Crippen MR) is 102 cm³/mol. The van der Waals surface area contributed by atoms with E-state index in [2.05, 4.69) is 10.6 Å². The van der Waals surface area contributed by atoms with Crippen molar-refractivity contribution in [3.8, 4) is 16.9 Å². The largest absolute Gasteiger partial charge is 0.496 e. The van der Waals surface area contributed by atoms with Crippen molar-refractivity contribution in [1.82, 2.24) is 10.6 Å². The third-order valence-electron chi connectivity index (χ3n) is 4.91. The molecule has 1 heterocycles. The minimum atomic E-state index is -0.823. The van der Waals surface area contributed by atoms with Gasteiger partial charge in [-0.15, -0.1) is 0 Å². The molecule has 3 rings (SSSR count). The first-order valence-electron chi connectivity index (χ1n) is 9.06. The van der Waals surface area contributed by atoms with Gasteiger partial charge in [0, 0.05) is 17.7 Å². The third kappa shape index (κ3) is 4.42. The molecule has 1 aliphatic heterocycles. The molecule has 2 aromatic rings. The highest BCUT2D eigenvalue weighted by Crippen LogP contribution is 2.29. The van der Waals surface area contributed by atoms with Crippen LogP contribution < -0.4 is 15.4 Å². The number of carbonyl (C=O) groups excluding carboxylic acids is 1. The molecule has 1 amide bonds. The van der Waals surface area contributed by atoms with Crippen molar-refractivity contribution < 1.29 is 14.6 Å². The van der Waals surface area contributed by atoms with Crippen molar-refractivity contribution >= 4 is 5.91 Å². The normalized spacial score (nSPS) is 20.2. The Labute approximate surface area is 154 Å². The van der Waals surface area contributed by atoms with Gasteiger partial charge in [0.25, 0.3) is 5.91 Å². The third-order valence-corrected chi connectivity index (χ3v) is 4.91. The Morgan fingerprint density at radius 3 is 2.69 bits per heavy atom. The summed E-state index contributed by atoms with van der Waals surface area (Å²) in [4.78, 5) is 12.4. The second kappa shape index (κ2) is 8.34. The summed E-state index contributed by atoms with van der Waals surface area (Å²) in [5.41, 5.74) is 1.74. The lowest BCUT2D eigenvalue weighted by Gasteiger charge is -2.26. The van der Waals surface area contributed by atoms with Gasteiger partial charge in [0.1, 0.15) is 5.75 Å². The summed E-state index contributed by atoms with van der Waals surface area (Å²) in [6.07, 6.45) is 2.27. The minimum absolute atomic E-state index is 0.165. The number of hydrogen-bond donors (Lipinski definition) is 3. The van der Waals surface area contributed by atoms with Gasteiger partial charge in [0.15, 0.2) is 0 Å². The van der Waals surface area contributed by atoms with Gasteiger partial charge in [-0.25, -0.2) is 0 Å². The molecule has 0 aliphatic carbocycles. The van der Waals surface area contributed by atoms with E-state index in [1.165, 1.54) is 0 Å². The van der Waals surface area contributed by atoms with Gasteiger partial charge in [-0.3, -0.25) is 4.79 Å². The molecule has 5 heteroatoms. The standard InChI is InChI=1S/C21H26N2O3/c1-26-19-6-3-2-5-18(19)16-7-9-17(10-8-16)20(24)23-15-21(25)11-4-13-22-14-12-21/h2-3,5-10,22,25H,4,11-15H2,1H3,(H,23,24)/t21-/m0/s1. The molecule has 2 aromatic carbocycles. The van der Waals surface area contributed by atoms with Crippen LogP contribution in [0.1, 0.15) is 29.6 Å². The highest BCUT2D eigenvalue weighted by molar-refractivity contribution is 5.94. The Hall–Kier alpha value is -2.37. The molecule has 5 nitrogen and oxygen atoms in total. The number of hydrogen-bond acceptors (Lipinski definition) is 4. The summed E-state index contributed by atoms with van der Waals surface area (Å²) in [5, 5.41) is 16.8. The Bertz CT molecular complexity index is 735. The number of methoxy groups -OCH3 is 1. The average molecular weight is 354 g/mol. The second-order valence-corrected chi connectivity index (χ2v) is 6.79. The quantitative estimate of drug-likeness (QED) is 0.772. The van der Waals surface area contributed by atoms with Crippen molar-refractivity contribution in [3.63, 3.8) is 0 Å². The number of carbonyl (C=O) groups is 1. The number of para-hydroxylation sites is 1. The average Bonchev–Trinajstić information content (AvgIpc) is 2.91. The molecule has 0 unspecified atom stereocenters. The van der Waals surface area contributed by atoms with Gasteiger partial charge in [-0.05, 0) is 56.1 Å². The maximum atomic E-state index is 12.4. The lowest BCUT2D eigenvalue weighted by molar-refractivity contribution is 0.0276. The molecule has 0 spiro atoms. The van der Waals surface area contributed by atoms with E-state index in [1.54, 1.807) is 19.2 Å². The van der Waals surface area contributed by atoms with E-state index in [-0.39, 0.29) is 12.5 Å². The first-order chi connectivity index (χ1) is 12.6. The van der Waals surface area contributed by atoms with Crippen LogP contribution in [-0.4, -0.2) is 43.4 Å². The van der Waals surface area contributed by atoms with Crippen LogP contribution in [0.4, 0.5) is 0 Å². The van der Waals surface area contributed by atoms with E-state index in [4.69, 9.17) is 4.74 Å². The summed E-state index contributed by atoms with van der Waals surface area (Å²) in [6, 6.07) is 15.2. The summed E-state index contributed by atoms with van der Waals surface area (Å²) in [7, 11) is 1.65. The fourth-order valence-corrected chi connectivity index (χ4v) is 3.32. The van der Waals surface area contributed by atoms with E-state index < -0.39 is 5.60 Å². The summed E-state index contributed by atoms with van der Waals surface area (Å²) in [5.74, 6) is 0.635. The molecule has 0 aromatic heterocycles. The fraction of sp³-hybridized carbons (Fsp3) is 0.381. The maximum absolute atomic E-state index is 12.4.